The lowest BCUT2D eigenvalue weighted by Gasteiger charge is -2.33. The van der Waals surface area contributed by atoms with Gasteiger partial charge in [0, 0.05) is 19.0 Å². The highest BCUT2D eigenvalue weighted by molar-refractivity contribution is 6.42. The third-order valence-corrected chi connectivity index (χ3v) is 8.38. The molecule has 0 bridgehead atoms. The Balaban J connectivity index is 1.60. The number of carbonyl (C=O) groups excluding carboxylic acids is 2. The Hall–Kier alpha value is -3.02. The number of amides is 2. The number of hydrogen-bond acceptors (Lipinski definition) is 3. The summed E-state index contributed by atoms with van der Waals surface area (Å²) in [4.78, 5) is 29.4. The summed E-state index contributed by atoms with van der Waals surface area (Å²) in [6.45, 7) is 6.45. The van der Waals surface area contributed by atoms with Crippen molar-refractivity contribution >= 4 is 35.0 Å². The second-order valence-corrected chi connectivity index (χ2v) is 12.7. The van der Waals surface area contributed by atoms with Crippen molar-refractivity contribution in [3.8, 4) is 5.75 Å². The Kier molecular flexibility index (Phi) is 10.7. The molecule has 0 heterocycles. The van der Waals surface area contributed by atoms with Gasteiger partial charge < -0.3 is 15.0 Å². The summed E-state index contributed by atoms with van der Waals surface area (Å²) < 4.78 is 5.96. The topological polar surface area (TPSA) is 58.6 Å². The smallest absolute Gasteiger partial charge is 0.261 e. The highest BCUT2D eigenvalue weighted by Gasteiger charge is 2.32. The molecule has 1 saturated carbocycles. The van der Waals surface area contributed by atoms with Crippen LogP contribution in [0.5, 0.6) is 5.75 Å². The molecule has 1 atom stereocenters. The Morgan fingerprint density at radius 2 is 1.59 bits per heavy atom. The van der Waals surface area contributed by atoms with E-state index in [0.29, 0.717) is 22.2 Å². The van der Waals surface area contributed by atoms with Crippen molar-refractivity contribution in [2.45, 2.75) is 83.3 Å². The lowest BCUT2D eigenvalue weighted by Crippen LogP contribution is -2.53. The molecule has 0 unspecified atom stereocenters. The van der Waals surface area contributed by atoms with Gasteiger partial charge >= 0.3 is 0 Å². The van der Waals surface area contributed by atoms with Gasteiger partial charge in [-0.25, -0.2) is 0 Å². The quantitative estimate of drug-likeness (QED) is 0.261. The fourth-order valence-electron chi connectivity index (χ4n) is 5.21. The molecule has 1 aliphatic carbocycles. The SMILES string of the molecule is CC(C)(C)c1ccc(OCC(=O)N(Cc2ccc(Cl)c(Cl)c2)[C@@H](Cc2ccccc2)C(=O)NC2CCCCC2)cc1. The van der Waals surface area contributed by atoms with Crippen molar-refractivity contribution in [2.75, 3.05) is 6.61 Å². The van der Waals surface area contributed by atoms with E-state index in [4.69, 9.17) is 27.9 Å². The first-order chi connectivity index (χ1) is 19.6. The first-order valence-corrected chi connectivity index (χ1v) is 15.2. The molecule has 2 amide bonds. The molecule has 3 aromatic rings. The van der Waals surface area contributed by atoms with Gasteiger partial charge in [-0.3, -0.25) is 9.59 Å². The van der Waals surface area contributed by atoms with E-state index in [1.54, 1.807) is 17.0 Å². The Morgan fingerprint density at radius 1 is 0.902 bits per heavy atom. The van der Waals surface area contributed by atoms with Gasteiger partial charge in [-0.2, -0.15) is 0 Å². The van der Waals surface area contributed by atoms with Crippen LogP contribution in [0.2, 0.25) is 10.0 Å². The second-order valence-electron chi connectivity index (χ2n) is 11.9. The maximum absolute atomic E-state index is 13.9. The largest absolute Gasteiger partial charge is 0.484 e. The highest BCUT2D eigenvalue weighted by atomic mass is 35.5. The molecule has 41 heavy (non-hydrogen) atoms. The summed E-state index contributed by atoms with van der Waals surface area (Å²) in [5, 5.41) is 4.09. The zero-order valence-electron chi connectivity index (χ0n) is 24.2. The summed E-state index contributed by atoms with van der Waals surface area (Å²) in [6.07, 6.45) is 5.68. The van der Waals surface area contributed by atoms with Crippen LogP contribution in [-0.4, -0.2) is 35.4 Å². The highest BCUT2D eigenvalue weighted by Crippen LogP contribution is 2.26. The van der Waals surface area contributed by atoms with Crippen LogP contribution < -0.4 is 10.1 Å². The second kappa shape index (κ2) is 14.2. The van der Waals surface area contributed by atoms with Gasteiger partial charge in [0.1, 0.15) is 11.8 Å². The van der Waals surface area contributed by atoms with Crippen LogP contribution in [0.15, 0.2) is 72.8 Å². The molecule has 1 fully saturated rings. The fraction of sp³-hybridized carbons (Fsp3) is 0.412. The number of nitrogens with zero attached hydrogens (tertiary/aromatic N) is 1. The molecule has 7 heteroatoms. The molecule has 0 saturated heterocycles. The number of carbonyl (C=O) groups is 2. The van der Waals surface area contributed by atoms with Crippen LogP contribution in [0, 0.1) is 0 Å². The summed E-state index contributed by atoms with van der Waals surface area (Å²) in [5.41, 5.74) is 2.95. The van der Waals surface area contributed by atoms with Crippen LogP contribution in [0.25, 0.3) is 0 Å². The van der Waals surface area contributed by atoms with Gasteiger partial charge in [0.05, 0.1) is 10.0 Å². The number of rotatable bonds is 10. The van der Waals surface area contributed by atoms with Gasteiger partial charge in [0.25, 0.3) is 5.91 Å². The molecule has 0 aromatic heterocycles. The number of halogens is 2. The number of ether oxygens (including phenoxy) is 1. The fourth-order valence-corrected chi connectivity index (χ4v) is 5.53. The monoisotopic (exact) mass is 594 g/mol. The van der Waals surface area contributed by atoms with Gasteiger partial charge in [0.2, 0.25) is 5.91 Å². The minimum absolute atomic E-state index is 0.0152. The molecule has 0 aliphatic heterocycles. The standard InChI is InChI=1S/C34H40Cl2N2O3/c1-34(2,3)26-15-17-28(18-16-26)41-23-32(39)38(22-25-14-19-29(35)30(36)20-25)31(21-24-10-6-4-7-11-24)33(40)37-27-12-8-5-9-13-27/h4,6-7,10-11,14-20,27,31H,5,8-9,12-13,21-23H2,1-3H3,(H,37,40)/t31-/m0/s1. The summed E-state index contributed by atoms with van der Waals surface area (Å²) in [5.74, 6) is 0.173. The molecule has 0 spiro atoms. The third kappa shape index (κ3) is 8.98. The number of benzene rings is 3. The summed E-state index contributed by atoms with van der Waals surface area (Å²) in [6, 6.07) is 22.3. The first-order valence-electron chi connectivity index (χ1n) is 14.4. The van der Waals surface area contributed by atoms with E-state index in [1.807, 2.05) is 60.7 Å². The average molecular weight is 596 g/mol. The van der Waals surface area contributed by atoms with Crippen molar-refractivity contribution in [1.82, 2.24) is 10.2 Å². The lowest BCUT2D eigenvalue weighted by atomic mass is 9.87. The van der Waals surface area contributed by atoms with Crippen LogP contribution in [0.3, 0.4) is 0 Å². The normalized spacial score (nSPS) is 14.8. The molecule has 4 rings (SSSR count). The van der Waals surface area contributed by atoms with Crippen LogP contribution >= 0.6 is 23.2 Å². The molecule has 3 aromatic carbocycles. The van der Waals surface area contributed by atoms with Gasteiger partial charge in [-0.1, -0.05) is 112 Å². The predicted molar refractivity (Wildman–Crippen MR) is 167 cm³/mol. The minimum atomic E-state index is -0.729. The van der Waals surface area contributed by atoms with E-state index in [9.17, 15) is 9.59 Å². The van der Waals surface area contributed by atoms with Crippen molar-refractivity contribution < 1.29 is 14.3 Å². The lowest BCUT2D eigenvalue weighted by molar-refractivity contribution is -0.143. The minimum Gasteiger partial charge on any atom is -0.484 e. The van der Waals surface area contributed by atoms with Crippen LogP contribution in [0.4, 0.5) is 0 Å². The van der Waals surface area contributed by atoms with E-state index in [2.05, 4.69) is 26.1 Å². The Labute approximate surface area is 254 Å². The van der Waals surface area contributed by atoms with Crippen molar-refractivity contribution in [2.24, 2.45) is 0 Å². The predicted octanol–water partition coefficient (Wildman–Crippen LogP) is 7.76. The van der Waals surface area contributed by atoms with Crippen molar-refractivity contribution in [3.63, 3.8) is 0 Å². The van der Waals surface area contributed by atoms with E-state index < -0.39 is 6.04 Å². The van der Waals surface area contributed by atoms with E-state index in [-0.39, 0.29) is 36.4 Å². The van der Waals surface area contributed by atoms with Crippen molar-refractivity contribution in [3.05, 3.63) is 99.5 Å². The van der Waals surface area contributed by atoms with Crippen molar-refractivity contribution in [1.29, 1.82) is 0 Å². The molecule has 1 N–H and O–H groups in total. The maximum Gasteiger partial charge on any atom is 0.261 e. The summed E-state index contributed by atoms with van der Waals surface area (Å²) in [7, 11) is 0. The van der Waals surface area contributed by atoms with E-state index >= 15 is 0 Å². The summed E-state index contributed by atoms with van der Waals surface area (Å²) >= 11 is 12.5. The van der Waals surface area contributed by atoms with Crippen LogP contribution in [-0.2, 0) is 28.0 Å². The van der Waals surface area contributed by atoms with Gasteiger partial charge in [0.15, 0.2) is 6.61 Å². The molecule has 218 valence electrons. The zero-order valence-corrected chi connectivity index (χ0v) is 25.7. The molecule has 0 radical (unpaired) electrons. The Morgan fingerprint density at radius 3 is 2.22 bits per heavy atom. The van der Waals surface area contributed by atoms with E-state index in [1.165, 1.54) is 12.0 Å². The molecular formula is C34H40Cl2N2O3. The molecule has 1 aliphatic rings. The third-order valence-electron chi connectivity index (χ3n) is 7.64. The molecular weight excluding hydrogens is 555 g/mol. The zero-order chi connectivity index (χ0) is 29.4. The molecule has 5 nitrogen and oxygen atoms in total. The van der Waals surface area contributed by atoms with Gasteiger partial charge in [-0.05, 0) is 59.2 Å². The maximum atomic E-state index is 13.9. The number of hydrogen-bond donors (Lipinski definition) is 1. The average Bonchev–Trinajstić information content (AvgIpc) is 2.96. The van der Waals surface area contributed by atoms with Gasteiger partial charge in [-0.15, -0.1) is 0 Å². The Bertz CT molecular complexity index is 1300. The first kappa shape index (κ1) is 30.9. The van der Waals surface area contributed by atoms with Crippen LogP contribution in [0.1, 0.15) is 69.6 Å². The van der Waals surface area contributed by atoms with E-state index in [0.717, 1.165) is 36.8 Å². The number of nitrogens with one attached hydrogen (secondary N) is 1.